The molecular formula is C16H23IO2. The lowest BCUT2D eigenvalue weighted by molar-refractivity contribution is -0.0717. The van der Waals surface area contributed by atoms with Gasteiger partial charge in [0.25, 0.3) is 0 Å². The third kappa shape index (κ3) is 4.09. The molecule has 1 fully saturated rings. The quantitative estimate of drug-likeness (QED) is 0.554. The number of benzene rings is 1. The summed E-state index contributed by atoms with van der Waals surface area (Å²) in [4.78, 5) is 0. The summed E-state index contributed by atoms with van der Waals surface area (Å²) in [7, 11) is 1.69. The van der Waals surface area contributed by atoms with Crippen molar-refractivity contribution >= 4 is 22.6 Å². The van der Waals surface area contributed by atoms with Crippen LogP contribution in [0.25, 0.3) is 0 Å². The van der Waals surface area contributed by atoms with Crippen molar-refractivity contribution < 1.29 is 9.47 Å². The van der Waals surface area contributed by atoms with Gasteiger partial charge in [-0.05, 0) is 36.5 Å². The van der Waals surface area contributed by atoms with Gasteiger partial charge in [0, 0.05) is 4.43 Å². The number of alkyl halides is 1. The molecule has 1 aliphatic rings. The van der Waals surface area contributed by atoms with Gasteiger partial charge in [-0.3, -0.25) is 0 Å². The average Bonchev–Trinajstić information content (AvgIpc) is 2.46. The highest BCUT2D eigenvalue weighted by atomic mass is 127. The maximum Gasteiger partial charge on any atom is 0.118 e. The molecule has 1 aromatic rings. The second-order valence-corrected chi connectivity index (χ2v) is 6.42. The zero-order valence-corrected chi connectivity index (χ0v) is 14.0. The standard InChI is InChI=1S/C16H23IO2/c1-13-4-3-9-16(10-13,12-17)19-11-14-5-7-15(18-2)8-6-14/h5-8,13H,3-4,9-12H2,1-2H3. The van der Waals surface area contributed by atoms with Gasteiger partial charge < -0.3 is 9.47 Å². The van der Waals surface area contributed by atoms with E-state index < -0.39 is 0 Å². The highest BCUT2D eigenvalue weighted by molar-refractivity contribution is 14.1. The molecule has 0 radical (unpaired) electrons. The van der Waals surface area contributed by atoms with Crippen molar-refractivity contribution in [3.8, 4) is 5.75 Å². The zero-order valence-electron chi connectivity index (χ0n) is 11.8. The summed E-state index contributed by atoms with van der Waals surface area (Å²) in [5.74, 6) is 1.69. The minimum absolute atomic E-state index is 0.0954. The van der Waals surface area contributed by atoms with Crippen LogP contribution in [-0.2, 0) is 11.3 Å². The molecule has 3 heteroatoms. The van der Waals surface area contributed by atoms with Crippen molar-refractivity contribution in [1.29, 1.82) is 0 Å². The summed E-state index contributed by atoms with van der Waals surface area (Å²) in [6, 6.07) is 8.18. The Morgan fingerprint density at radius 1 is 1.32 bits per heavy atom. The van der Waals surface area contributed by atoms with Gasteiger partial charge in [-0.15, -0.1) is 0 Å². The molecule has 0 N–H and O–H groups in total. The first-order valence-electron chi connectivity index (χ1n) is 7.00. The molecule has 0 saturated heterocycles. The van der Waals surface area contributed by atoms with Gasteiger partial charge in [0.2, 0.25) is 0 Å². The van der Waals surface area contributed by atoms with Crippen LogP contribution in [0.3, 0.4) is 0 Å². The Balaban J connectivity index is 1.95. The third-order valence-corrected chi connectivity index (χ3v) is 5.39. The lowest BCUT2D eigenvalue weighted by Gasteiger charge is -2.38. The van der Waals surface area contributed by atoms with E-state index in [0.29, 0.717) is 6.61 Å². The Hall–Kier alpha value is -0.290. The van der Waals surface area contributed by atoms with E-state index in [0.717, 1.165) is 16.1 Å². The van der Waals surface area contributed by atoms with Crippen LogP contribution in [0.5, 0.6) is 5.75 Å². The number of halogens is 1. The number of methoxy groups -OCH3 is 1. The summed E-state index contributed by atoms with van der Waals surface area (Å²) in [5.41, 5.74) is 1.32. The molecule has 0 spiro atoms. The van der Waals surface area contributed by atoms with Crippen molar-refractivity contribution in [3.05, 3.63) is 29.8 Å². The van der Waals surface area contributed by atoms with E-state index in [1.165, 1.54) is 31.2 Å². The van der Waals surface area contributed by atoms with Crippen LogP contribution in [0.2, 0.25) is 0 Å². The van der Waals surface area contributed by atoms with Gasteiger partial charge in [-0.25, -0.2) is 0 Å². The lowest BCUT2D eigenvalue weighted by atomic mass is 9.80. The summed E-state index contributed by atoms with van der Waals surface area (Å²) in [5, 5.41) is 0. The van der Waals surface area contributed by atoms with Gasteiger partial charge in [-0.1, -0.05) is 54.5 Å². The van der Waals surface area contributed by atoms with Crippen molar-refractivity contribution in [2.45, 2.75) is 44.8 Å². The maximum atomic E-state index is 6.30. The molecule has 1 aliphatic carbocycles. The van der Waals surface area contributed by atoms with E-state index in [2.05, 4.69) is 41.6 Å². The highest BCUT2D eigenvalue weighted by Gasteiger charge is 2.34. The van der Waals surface area contributed by atoms with E-state index in [1.807, 2.05) is 12.1 Å². The lowest BCUT2D eigenvalue weighted by Crippen LogP contribution is -2.39. The summed E-state index contributed by atoms with van der Waals surface area (Å²) < 4.78 is 12.6. The van der Waals surface area contributed by atoms with Crippen LogP contribution in [0.15, 0.2) is 24.3 Å². The molecule has 1 saturated carbocycles. The zero-order chi connectivity index (χ0) is 13.7. The summed E-state index contributed by atoms with van der Waals surface area (Å²) in [6.45, 7) is 3.05. The molecule has 0 aromatic heterocycles. The minimum atomic E-state index is 0.0954. The van der Waals surface area contributed by atoms with E-state index in [1.54, 1.807) is 7.11 Å². The predicted octanol–water partition coefficient (Wildman–Crippen LogP) is 4.60. The van der Waals surface area contributed by atoms with Crippen LogP contribution in [0.1, 0.15) is 38.2 Å². The fraction of sp³-hybridized carbons (Fsp3) is 0.625. The van der Waals surface area contributed by atoms with Crippen LogP contribution in [0, 0.1) is 5.92 Å². The number of hydrogen-bond donors (Lipinski definition) is 0. The van der Waals surface area contributed by atoms with E-state index in [9.17, 15) is 0 Å². The molecule has 106 valence electrons. The normalized spacial score (nSPS) is 27.2. The number of rotatable bonds is 5. The second-order valence-electron chi connectivity index (χ2n) is 5.65. The van der Waals surface area contributed by atoms with Crippen LogP contribution in [-0.4, -0.2) is 17.1 Å². The van der Waals surface area contributed by atoms with Gasteiger partial charge in [0.1, 0.15) is 5.75 Å². The smallest absolute Gasteiger partial charge is 0.118 e. The first-order chi connectivity index (χ1) is 9.17. The monoisotopic (exact) mass is 374 g/mol. The predicted molar refractivity (Wildman–Crippen MR) is 87.0 cm³/mol. The van der Waals surface area contributed by atoms with Crippen molar-refractivity contribution in [1.82, 2.24) is 0 Å². The first kappa shape index (κ1) is 15.1. The number of hydrogen-bond acceptors (Lipinski definition) is 2. The second kappa shape index (κ2) is 6.93. The summed E-state index contributed by atoms with van der Waals surface area (Å²) in [6.07, 6.45) is 5.06. The molecule has 0 amide bonds. The van der Waals surface area contributed by atoms with E-state index >= 15 is 0 Å². The Bertz CT molecular complexity index is 390. The van der Waals surface area contributed by atoms with Crippen molar-refractivity contribution in [2.75, 3.05) is 11.5 Å². The van der Waals surface area contributed by atoms with Crippen LogP contribution >= 0.6 is 22.6 Å². The maximum absolute atomic E-state index is 6.30. The van der Waals surface area contributed by atoms with Crippen molar-refractivity contribution in [3.63, 3.8) is 0 Å². The molecule has 2 unspecified atom stereocenters. The SMILES string of the molecule is COc1ccc(COC2(CI)CCCC(C)C2)cc1. The molecule has 1 aromatic carbocycles. The van der Waals surface area contributed by atoms with E-state index in [4.69, 9.17) is 9.47 Å². The molecule has 0 bridgehead atoms. The Labute approximate surface area is 130 Å². The Morgan fingerprint density at radius 3 is 2.63 bits per heavy atom. The molecule has 2 rings (SSSR count). The van der Waals surface area contributed by atoms with Crippen molar-refractivity contribution in [2.24, 2.45) is 5.92 Å². The first-order valence-corrected chi connectivity index (χ1v) is 8.53. The number of ether oxygens (including phenoxy) is 2. The average molecular weight is 374 g/mol. The molecule has 0 aliphatic heterocycles. The molecular weight excluding hydrogens is 351 g/mol. The summed E-state index contributed by atoms with van der Waals surface area (Å²) >= 11 is 2.48. The van der Waals surface area contributed by atoms with Gasteiger partial charge in [-0.2, -0.15) is 0 Å². The fourth-order valence-corrected chi connectivity index (χ4v) is 3.77. The van der Waals surface area contributed by atoms with Crippen LogP contribution in [0.4, 0.5) is 0 Å². The topological polar surface area (TPSA) is 18.5 Å². The third-order valence-electron chi connectivity index (χ3n) is 4.00. The molecule has 2 atom stereocenters. The minimum Gasteiger partial charge on any atom is -0.497 e. The van der Waals surface area contributed by atoms with Crippen LogP contribution < -0.4 is 4.74 Å². The highest BCUT2D eigenvalue weighted by Crippen LogP contribution is 2.37. The van der Waals surface area contributed by atoms with Gasteiger partial charge in [0.05, 0.1) is 19.3 Å². The van der Waals surface area contributed by atoms with E-state index in [-0.39, 0.29) is 5.60 Å². The molecule has 0 heterocycles. The largest absolute Gasteiger partial charge is 0.497 e. The van der Waals surface area contributed by atoms with Gasteiger partial charge >= 0.3 is 0 Å². The fourth-order valence-electron chi connectivity index (χ4n) is 2.86. The Kier molecular flexibility index (Phi) is 5.51. The van der Waals surface area contributed by atoms with Gasteiger partial charge in [0.15, 0.2) is 0 Å². The Morgan fingerprint density at radius 2 is 2.05 bits per heavy atom. The molecule has 19 heavy (non-hydrogen) atoms. The molecule has 2 nitrogen and oxygen atoms in total.